The molecule has 1 fully saturated rings. The van der Waals surface area contributed by atoms with Gasteiger partial charge in [-0.25, -0.2) is 4.98 Å². The van der Waals surface area contributed by atoms with Crippen molar-refractivity contribution < 1.29 is 9.53 Å². The Balaban J connectivity index is 1.88. The number of carbonyl (C=O) groups excluding carboxylic acids is 1. The normalized spacial score (nSPS) is 14.1. The van der Waals surface area contributed by atoms with Crippen molar-refractivity contribution in [2.75, 3.05) is 12.8 Å². The number of halogens is 1. The first-order valence-corrected chi connectivity index (χ1v) is 8.00. The van der Waals surface area contributed by atoms with Crippen molar-refractivity contribution in [2.45, 2.75) is 18.8 Å². The van der Waals surface area contributed by atoms with Crippen molar-refractivity contribution in [3.63, 3.8) is 0 Å². The number of methoxy groups -OCH3 is 1. The van der Waals surface area contributed by atoms with Crippen molar-refractivity contribution in [3.8, 4) is 5.75 Å². The lowest BCUT2D eigenvalue weighted by Gasteiger charge is -2.09. The summed E-state index contributed by atoms with van der Waals surface area (Å²) < 4.78 is 6.49. The average molecular weight is 343 g/mol. The number of nitrogens with two attached hydrogens (primary N) is 1. The van der Waals surface area contributed by atoms with Crippen LogP contribution in [0.5, 0.6) is 5.75 Å². The predicted octanol–water partition coefficient (Wildman–Crippen LogP) is 3.24. The summed E-state index contributed by atoms with van der Waals surface area (Å²) in [5.74, 6) is 0.671. The van der Waals surface area contributed by atoms with Crippen molar-refractivity contribution in [2.24, 2.45) is 0 Å². The van der Waals surface area contributed by atoms with E-state index in [0.717, 1.165) is 18.5 Å². The van der Waals surface area contributed by atoms with Crippen LogP contribution in [0.3, 0.4) is 0 Å². The molecule has 2 N–H and O–H groups in total. The molecule has 2 aromatic heterocycles. The van der Waals surface area contributed by atoms with Crippen LogP contribution in [0.25, 0.3) is 11.0 Å². The van der Waals surface area contributed by atoms with Gasteiger partial charge in [0.2, 0.25) is 0 Å². The van der Waals surface area contributed by atoms with E-state index in [1.54, 1.807) is 18.2 Å². The van der Waals surface area contributed by atoms with Gasteiger partial charge in [0.1, 0.15) is 5.75 Å². The highest BCUT2D eigenvalue weighted by molar-refractivity contribution is 6.32. The van der Waals surface area contributed by atoms with Crippen LogP contribution in [0.15, 0.2) is 30.3 Å². The summed E-state index contributed by atoms with van der Waals surface area (Å²) in [6, 6.07) is 8.82. The maximum absolute atomic E-state index is 13.0. The zero-order chi connectivity index (χ0) is 16.8. The molecule has 4 rings (SSSR count). The molecule has 122 valence electrons. The molecule has 24 heavy (non-hydrogen) atoms. The second-order valence-electron chi connectivity index (χ2n) is 5.80. The highest BCUT2D eigenvalue weighted by atomic mass is 35.5. The van der Waals surface area contributed by atoms with Crippen LogP contribution in [-0.4, -0.2) is 27.8 Å². The first-order valence-electron chi connectivity index (χ1n) is 7.62. The van der Waals surface area contributed by atoms with Gasteiger partial charge in [-0.05, 0) is 37.1 Å². The highest BCUT2D eigenvalue weighted by Crippen LogP contribution is 2.40. The minimum Gasteiger partial charge on any atom is -0.494 e. The molecule has 7 heteroatoms. The van der Waals surface area contributed by atoms with Crippen LogP contribution in [0.4, 0.5) is 5.82 Å². The maximum Gasteiger partial charge on any atom is 0.284 e. The first-order chi connectivity index (χ1) is 11.6. The van der Waals surface area contributed by atoms with Gasteiger partial charge in [-0.3, -0.25) is 4.79 Å². The molecule has 0 saturated heterocycles. The van der Waals surface area contributed by atoms with E-state index < -0.39 is 0 Å². The Morgan fingerprint density at radius 2 is 2.12 bits per heavy atom. The van der Waals surface area contributed by atoms with Gasteiger partial charge >= 0.3 is 0 Å². The van der Waals surface area contributed by atoms with Gasteiger partial charge in [0.25, 0.3) is 5.91 Å². The fraction of sp³-hybridized carbons (Fsp3) is 0.235. The number of ether oxygens (including phenoxy) is 1. The zero-order valence-electron chi connectivity index (χ0n) is 13.0. The van der Waals surface area contributed by atoms with E-state index in [-0.39, 0.29) is 11.7 Å². The number of hydrogen-bond donors (Lipinski definition) is 1. The number of carbonyl (C=O) groups is 1. The van der Waals surface area contributed by atoms with Crippen molar-refractivity contribution in [1.29, 1.82) is 0 Å². The molecule has 1 aliphatic rings. The van der Waals surface area contributed by atoms with Crippen LogP contribution in [0.2, 0.25) is 5.02 Å². The Morgan fingerprint density at radius 1 is 1.33 bits per heavy atom. The Kier molecular flexibility index (Phi) is 3.42. The summed E-state index contributed by atoms with van der Waals surface area (Å²) in [6.07, 6.45) is 2.25. The van der Waals surface area contributed by atoms with E-state index in [2.05, 4.69) is 10.1 Å². The fourth-order valence-corrected chi connectivity index (χ4v) is 3.03. The van der Waals surface area contributed by atoms with Gasteiger partial charge in [-0.2, -0.15) is 4.68 Å². The minimum absolute atomic E-state index is 0.272. The number of rotatable bonds is 3. The Bertz CT molecular complexity index is 963. The molecule has 3 aromatic rings. The molecule has 1 aromatic carbocycles. The molecule has 0 amide bonds. The fourth-order valence-electron chi connectivity index (χ4n) is 2.78. The zero-order valence-corrected chi connectivity index (χ0v) is 13.7. The van der Waals surface area contributed by atoms with Gasteiger partial charge in [0.15, 0.2) is 11.5 Å². The van der Waals surface area contributed by atoms with Gasteiger partial charge < -0.3 is 10.5 Å². The monoisotopic (exact) mass is 342 g/mol. The quantitative estimate of drug-likeness (QED) is 0.790. The third kappa shape index (κ3) is 2.30. The molecular weight excluding hydrogens is 328 g/mol. The van der Waals surface area contributed by atoms with Crippen molar-refractivity contribution in [1.82, 2.24) is 14.8 Å². The largest absolute Gasteiger partial charge is 0.494 e. The highest BCUT2D eigenvalue weighted by Gasteiger charge is 2.27. The minimum atomic E-state index is -0.378. The van der Waals surface area contributed by atoms with Crippen LogP contribution < -0.4 is 10.5 Å². The van der Waals surface area contributed by atoms with Crippen LogP contribution in [0.1, 0.15) is 34.8 Å². The third-order valence-corrected chi connectivity index (χ3v) is 4.47. The summed E-state index contributed by atoms with van der Waals surface area (Å²) >= 11 is 6.11. The maximum atomic E-state index is 13.0. The van der Waals surface area contributed by atoms with Gasteiger partial charge in [-0.1, -0.05) is 17.7 Å². The van der Waals surface area contributed by atoms with Crippen molar-refractivity contribution in [3.05, 3.63) is 46.6 Å². The molecule has 1 saturated carbocycles. The Hall–Kier alpha value is -2.60. The number of nitrogens with zero attached hydrogens (tertiary/aromatic N) is 3. The number of para-hydroxylation sites is 1. The smallest absolute Gasteiger partial charge is 0.284 e. The molecule has 0 bridgehead atoms. The number of fused-ring (bicyclic) bond motifs is 1. The first kappa shape index (κ1) is 15.0. The van der Waals surface area contributed by atoms with E-state index in [1.807, 2.05) is 12.1 Å². The lowest BCUT2D eigenvalue weighted by Crippen LogP contribution is -2.16. The Labute approximate surface area is 143 Å². The lowest BCUT2D eigenvalue weighted by atomic mass is 10.2. The molecule has 2 heterocycles. The molecular formula is C17H15ClN4O2. The molecule has 0 radical (unpaired) electrons. The number of anilines is 1. The summed E-state index contributed by atoms with van der Waals surface area (Å²) in [5.41, 5.74) is 7.70. The van der Waals surface area contributed by atoms with Crippen LogP contribution in [0, 0.1) is 0 Å². The summed E-state index contributed by atoms with van der Waals surface area (Å²) in [7, 11) is 1.47. The molecule has 1 aliphatic carbocycles. The number of benzene rings is 1. The standard InChI is InChI=1S/C17H15ClN4O2/c1-24-14-10(3-2-4-12(14)18)17(23)22-16-11(15(19)21-22)7-8-13(20-16)9-5-6-9/h2-4,7-9H,5-6H2,1H3,(H2,19,21). The van der Waals surface area contributed by atoms with E-state index in [1.165, 1.54) is 11.8 Å². The van der Waals surface area contributed by atoms with E-state index in [4.69, 9.17) is 22.1 Å². The summed E-state index contributed by atoms with van der Waals surface area (Å²) in [6.45, 7) is 0. The molecule has 0 aliphatic heterocycles. The van der Waals surface area contributed by atoms with Gasteiger partial charge in [0.05, 0.1) is 23.1 Å². The topological polar surface area (TPSA) is 83.0 Å². The molecule has 0 unspecified atom stereocenters. The molecule has 0 atom stereocenters. The van der Waals surface area contributed by atoms with Gasteiger partial charge in [0, 0.05) is 11.6 Å². The van der Waals surface area contributed by atoms with Crippen LogP contribution in [-0.2, 0) is 0 Å². The summed E-state index contributed by atoms with van der Waals surface area (Å²) in [4.78, 5) is 17.6. The van der Waals surface area contributed by atoms with E-state index >= 15 is 0 Å². The average Bonchev–Trinajstić information content (AvgIpc) is 3.38. The Morgan fingerprint density at radius 3 is 2.83 bits per heavy atom. The number of nitrogen functional groups attached to an aromatic ring is 1. The second-order valence-corrected chi connectivity index (χ2v) is 6.21. The predicted molar refractivity (Wildman–Crippen MR) is 91.6 cm³/mol. The number of hydrogen-bond acceptors (Lipinski definition) is 5. The van der Waals surface area contributed by atoms with Crippen LogP contribution >= 0.6 is 11.6 Å². The molecule has 0 spiro atoms. The van der Waals surface area contributed by atoms with Crippen molar-refractivity contribution >= 4 is 34.4 Å². The number of pyridine rings is 1. The number of aromatic nitrogens is 3. The van der Waals surface area contributed by atoms with Gasteiger partial charge in [-0.15, -0.1) is 5.10 Å². The third-order valence-electron chi connectivity index (χ3n) is 4.17. The molecule has 6 nitrogen and oxygen atoms in total. The summed E-state index contributed by atoms with van der Waals surface area (Å²) in [5, 5.41) is 5.20. The van der Waals surface area contributed by atoms with E-state index in [0.29, 0.717) is 33.3 Å². The second kappa shape index (κ2) is 5.49. The SMILES string of the molecule is COc1c(Cl)cccc1C(=O)n1nc(N)c2ccc(C3CC3)nc21. The lowest BCUT2D eigenvalue weighted by molar-refractivity contribution is 0.0947. The van der Waals surface area contributed by atoms with E-state index in [9.17, 15) is 4.79 Å².